The van der Waals surface area contributed by atoms with Gasteiger partial charge in [-0.05, 0) is 20.3 Å². The Hall–Kier alpha value is -1.03. The van der Waals surface area contributed by atoms with Crippen LogP contribution in [-0.4, -0.2) is 23.9 Å². The van der Waals surface area contributed by atoms with Crippen LogP contribution in [0.4, 0.5) is 0 Å². The minimum absolute atomic E-state index is 0.150. The number of carbonyl (C=O) groups excluding carboxylic acids is 2. The van der Waals surface area contributed by atoms with Crippen molar-refractivity contribution in [2.45, 2.75) is 33.3 Å². The van der Waals surface area contributed by atoms with Gasteiger partial charge in [0.25, 0.3) is 0 Å². The Balaban J connectivity index is 4.46. The van der Waals surface area contributed by atoms with Gasteiger partial charge in [-0.25, -0.2) is 4.79 Å². The third-order valence-corrected chi connectivity index (χ3v) is 1.61. The first-order chi connectivity index (χ1) is 7.01. The summed E-state index contributed by atoms with van der Waals surface area (Å²) in [5.41, 5.74) is 0.150. The second kappa shape index (κ2) is 7.29. The van der Waals surface area contributed by atoms with Crippen molar-refractivity contribution in [3.05, 3.63) is 11.8 Å². The van der Waals surface area contributed by atoms with Crippen molar-refractivity contribution in [2.24, 2.45) is 0 Å². The van der Waals surface area contributed by atoms with E-state index < -0.39 is 11.9 Å². The lowest BCUT2D eigenvalue weighted by Gasteiger charge is -2.11. The molecule has 0 aromatic rings. The van der Waals surface area contributed by atoms with E-state index in [-0.39, 0.29) is 17.7 Å². The van der Waals surface area contributed by atoms with E-state index in [0.29, 0.717) is 6.42 Å². The third kappa shape index (κ3) is 6.12. The predicted molar refractivity (Wildman–Crippen MR) is 58.5 cm³/mol. The van der Waals surface area contributed by atoms with Crippen LogP contribution in [0.3, 0.4) is 0 Å². The number of hydrogen-bond acceptors (Lipinski definition) is 3. The highest BCUT2D eigenvalue weighted by atomic mass is 35.5. The molecule has 0 fully saturated rings. The lowest BCUT2D eigenvalue weighted by molar-refractivity contribution is -0.143. The van der Waals surface area contributed by atoms with E-state index >= 15 is 0 Å². The zero-order valence-corrected chi connectivity index (χ0v) is 9.93. The number of halogens is 1. The number of rotatable bonds is 5. The number of ether oxygens (including phenoxy) is 1. The molecule has 1 amide bonds. The molecule has 4 nitrogen and oxygen atoms in total. The van der Waals surface area contributed by atoms with Crippen molar-refractivity contribution < 1.29 is 14.3 Å². The Morgan fingerprint density at radius 3 is 2.47 bits per heavy atom. The Bertz CT molecular complexity index is 261. The number of carbonyl (C=O) groups is 2. The summed E-state index contributed by atoms with van der Waals surface area (Å²) in [6.07, 6.45) is 2.01. The van der Waals surface area contributed by atoms with Gasteiger partial charge in [0.2, 0.25) is 5.91 Å². The molecule has 15 heavy (non-hydrogen) atoms. The largest absolute Gasteiger partial charge is 0.458 e. The Morgan fingerprint density at radius 2 is 2.07 bits per heavy atom. The summed E-state index contributed by atoms with van der Waals surface area (Å²) in [6, 6.07) is 0. The van der Waals surface area contributed by atoms with Gasteiger partial charge in [0.05, 0.1) is 6.10 Å². The fourth-order valence-electron chi connectivity index (χ4n) is 0.851. The average Bonchev–Trinajstić information content (AvgIpc) is 2.15. The molecule has 0 unspecified atom stereocenters. The summed E-state index contributed by atoms with van der Waals surface area (Å²) in [6.45, 7) is 5.34. The zero-order chi connectivity index (χ0) is 11.8. The normalized spacial score (nSPS) is 11.4. The number of alkyl halides is 1. The molecule has 0 aliphatic heterocycles. The first kappa shape index (κ1) is 14.0. The van der Waals surface area contributed by atoms with Crippen molar-refractivity contribution in [2.75, 3.05) is 5.88 Å². The fraction of sp³-hybridized carbons (Fsp3) is 0.600. The van der Waals surface area contributed by atoms with E-state index in [9.17, 15) is 9.59 Å². The second-order valence-corrected chi connectivity index (χ2v) is 3.43. The quantitative estimate of drug-likeness (QED) is 0.446. The first-order valence-electron chi connectivity index (χ1n) is 4.78. The van der Waals surface area contributed by atoms with Crippen LogP contribution in [0.5, 0.6) is 0 Å². The van der Waals surface area contributed by atoms with Gasteiger partial charge in [-0.15, -0.1) is 11.6 Å². The van der Waals surface area contributed by atoms with Gasteiger partial charge in [-0.1, -0.05) is 13.0 Å². The van der Waals surface area contributed by atoms with E-state index in [0.717, 1.165) is 0 Å². The lowest BCUT2D eigenvalue weighted by atomic mass is 10.3. The topological polar surface area (TPSA) is 55.4 Å². The van der Waals surface area contributed by atoms with Crippen LogP contribution in [-0.2, 0) is 14.3 Å². The van der Waals surface area contributed by atoms with Gasteiger partial charge in [-0.2, -0.15) is 0 Å². The molecule has 0 aromatic heterocycles. The van der Waals surface area contributed by atoms with Crippen LogP contribution in [0.1, 0.15) is 27.2 Å². The van der Waals surface area contributed by atoms with Crippen LogP contribution < -0.4 is 5.32 Å². The average molecular weight is 234 g/mol. The number of allylic oxidation sites excluding steroid dienone is 1. The highest BCUT2D eigenvalue weighted by Crippen LogP contribution is 2.00. The second-order valence-electron chi connectivity index (χ2n) is 3.16. The van der Waals surface area contributed by atoms with Crippen LogP contribution in [0, 0.1) is 0 Å². The summed E-state index contributed by atoms with van der Waals surface area (Å²) in [5, 5.41) is 2.39. The molecule has 5 heteroatoms. The highest BCUT2D eigenvalue weighted by Gasteiger charge is 2.14. The van der Waals surface area contributed by atoms with Crippen LogP contribution in [0.2, 0.25) is 0 Å². The Kier molecular flexibility index (Phi) is 6.79. The van der Waals surface area contributed by atoms with Gasteiger partial charge < -0.3 is 10.1 Å². The van der Waals surface area contributed by atoms with Crippen molar-refractivity contribution in [3.8, 4) is 0 Å². The van der Waals surface area contributed by atoms with E-state index in [1.807, 2.05) is 6.92 Å². The standard InChI is InChI=1S/C10H16ClNO3/c1-4-5-8(12-9(13)6-11)10(14)15-7(2)3/h5,7H,4,6H2,1-3H3,(H,12,13)/b8-5-. The molecular formula is C10H16ClNO3. The van der Waals surface area contributed by atoms with E-state index in [1.54, 1.807) is 19.9 Å². The number of amides is 1. The number of esters is 1. The predicted octanol–water partition coefficient (Wildman–Crippen LogP) is 1.59. The lowest BCUT2D eigenvalue weighted by Crippen LogP contribution is -2.30. The first-order valence-corrected chi connectivity index (χ1v) is 5.31. The van der Waals surface area contributed by atoms with Crippen LogP contribution in [0.15, 0.2) is 11.8 Å². The summed E-state index contributed by atoms with van der Waals surface area (Å²) >= 11 is 5.32. The van der Waals surface area contributed by atoms with Crippen molar-refractivity contribution in [1.29, 1.82) is 0 Å². The van der Waals surface area contributed by atoms with E-state index in [2.05, 4.69) is 5.32 Å². The summed E-state index contributed by atoms with van der Waals surface area (Å²) < 4.78 is 4.95. The molecular weight excluding hydrogens is 218 g/mol. The molecule has 0 aliphatic carbocycles. The molecule has 0 rings (SSSR count). The van der Waals surface area contributed by atoms with Crippen LogP contribution >= 0.6 is 11.6 Å². The minimum atomic E-state index is -0.537. The molecule has 0 spiro atoms. The highest BCUT2D eigenvalue weighted by molar-refractivity contribution is 6.27. The molecule has 0 saturated carbocycles. The zero-order valence-electron chi connectivity index (χ0n) is 9.17. The van der Waals surface area contributed by atoms with Crippen molar-refractivity contribution in [1.82, 2.24) is 5.32 Å². The molecule has 0 heterocycles. The number of hydrogen-bond donors (Lipinski definition) is 1. The van der Waals surface area contributed by atoms with Crippen molar-refractivity contribution in [3.63, 3.8) is 0 Å². The molecule has 0 radical (unpaired) electrons. The molecule has 1 N–H and O–H groups in total. The van der Waals surface area contributed by atoms with Gasteiger partial charge in [0, 0.05) is 0 Å². The summed E-state index contributed by atoms with van der Waals surface area (Å²) in [7, 11) is 0. The molecule has 0 bridgehead atoms. The van der Waals surface area contributed by atoms with Crippen LogP contribution in [0.25, 0.3) is 0 Å². The van der Waals surface area contributed by atoms with Gasteiger partial charge in [0.15, 0.2) is 0 Å². The van der Waals surface area contributed by atoms with E-state index in [4.69, 9.17) is 16.3 Å². The molecule has 0 aliphatic rings. The monoisotopic (exact) mass is 233 g/mol. The van der Waals surface area contributed by atoms with Crippen molar-refractivity contribution >= 4 is 23.5 Å². The maximum atomic E-state index is 11.4. The Morgan fingerprint density at radius 1 is 1.47 bits per heavy atom. The summed E-state index contributed by atoms with van der Waals surface area (Å²) in [4.78, 5) is 22.4. The molecule has 0 saturated heterocycles. The van der Waals surface area contributed by atoms with E-state index in [1.165, 1.54) is 0 Å². The van der Waals surface area contributed by atoms with Gasteiger partial charge in [-0.3, -0.25) is 4.79 Å². The maximum Gasteiger partial charge on any atom is 0.354 e. The molecule has 0 aromatic carbocycles. The Labute approximate surface area is 94.6 Å². The van der Waals surface area contributed by atoms with Gasteiger partial charge >= 0.3 is 5.97 Å². The van der Waals surface area contributed by atoms with Gasteiger partial charge in [0.1, 0.15) is 11.6 Å². The third-order valence-electron chi connectivity index (χ3n) is 1.37. The fourth-order valence-corrected chi connectivity index (χ4v) is 0.918. The number of nitrogens with one attached hydrogen (secondary N) is 1. The molecule has 0 atom stereocenters. The minimum Gasteiger partial charge on any atom is -0.458 e. The molecule has 86 valence electrons. The SMILES string of the molecule is CC/C=C(\NC(=O)CCl)C(=O)OC(C)C. The summed E-state index contributed by atoms with van der Waals surface area (Å²) in [5.74, 6) is -1.14. The maximum absolute atomic E-state index is 11.4. The smallest absolute Gasteiger partial charge is 0.354 e.